The number of hydrogen-bond acceptors (Lipinski definition) is 6. The van der Waals surface area contributed by atoms with Crippen molar-refractivity contribution in [3.05, 3.63) is 35.2 Å². The third-order valence-corrected chi connectivity index (χ3v) is 5.99. The fraction of sp³-hybridized carbons (Fsp3) is 0.471. The molecule has 0 aromatic carbocycles. The molecule has 0 saturated heterocycles. The van der Waals surface area contributed by atoms with Crippen molar-refractivity contribution in [3.63, 3.8) is 0 Å². The van der Waals surface area contributed by atoms with Gasteiger partial charge in [0.05, 0.1) is 11.4 Å². The van der Waals surface area contributed by atoms with Gasteiger partial charge in [-0.25, -0.2) is 8.42 Å². The molecule has 1 aliphatic carbocycles. The zero-order valence-corrected chi connectivity index (χ0v) is 15.9. The van der Waals surface area contributed by atoms with Gasteiger partial charge < -0.3 is 5.32 Å². The Labute approximate surface area is 153 Å². The maximum atomic E-state index is 12.5. The predicted octanol–water partition coefficient (Wildman–Crippen LogP) is 2.92. The number of H-pyrrole nitrogens is 1. The standard InChI is InChI=1S/C17H24N6O2S/c1-12-17(13(2)20-19-12)26(24,25)23-16-9-8-15(21-22-16)18-11-10-14-6-4-3-5-7-14/h6,8-9H,3-5,7,10-11H2,1-2H3,(H,18,21)(H,19,20)(H,22,23). The summed E-state index contributed by atoms with van der Waals surface area (Å²) < 4.78 is 27.4. The summed E-state index contributed by atoms with van der Waals surface area (Å²) in [7, 11) is -3.75. The monoisotopic (exact) mass is 376 g/mol. The second-order valence-corrected chi connectivity index (χ2v) is 8.08. The summed E-state index contributed by atoms with van der Waals surface area (Å²) in [6, 6.07) is 3.31. The molecule has 26 heavy (non-hydrogen) atoms. The molecule has 1 aliphatic rings. The maximum absolute atomic E-state index is 12.5. The molecule has 3 N–H and O–H groups in total. The first-order valence-corrected chi connectivity index (χ1v) is 10.2. The molecule has 0 spiro atoms. The van der Waals surface area contributed by atoms with E-state index in [1.807, 2.05) is 0 Å². The van der Waals surface area contributed by atoms with Gasteiger partial charge in [0.1, 0.15) is 10.7 Å². The highest BCUT2D eigenvalue weighted by Crippen LogP contribution is 2.21. The number of nitrogens with zero attached hydrogens (tertiary/aromatic N) is 3. The summed E-state index contributed by atoms with van der Waals surface area (Å²) in [6.45, 7) is 4.09. The van der Waals surface area contributed by atoms with E-state index in [2.05, 4.69) is 36.5 Å². The molecule has 0 saturated carbocycles. The lowest BCUT2D eigenvalue weighted by Gasteiger charge is -2.13. The molecule has 140 valence electrons. The number of hydrogen-bond donors (Lipinski definition) is 3. The largest absolute Gasteiger partial charge is 0.368 e. The summed E-state index contributed by atoms with van der Waals surface area (Å²) in [5, 5.41) is 17.8. The van der Waals surface area contributed by atoms with Crippen LogP contribution in [0.15, 0.2) is 28.7 Å². The van der Waals surface area contributed by atoms with Gasteiger partial charge >= 0.3 is 0 Å². The molecule has 0 amide bonds. The zero-order valence-electron chi connectivity index (χ0n) is 15.0. The summed E-state index contributed by atoms with van der Waals surface area (Å²) >= 11 is 0. The lowest BCUT2D eigenvalue weighted by atomic mass is 9.97. The van der Waals surface area contributed by atoms with E-state index in [1.165, 1.54) is 31.3 Å². The van der Waals surface area contributed by atoms with Crippen molar-refractivity contribution in [1.82, 2.24) is 20.4 Å². The van der Waals surface area contributed by atoms with Gasteiger partial charge in [-0.3, -0.25) is 9.82 Å². The highest BCUT2D eigenvalue weighted by atomic mass is 32.2. The number of anilines is 2. The van der Waals surface area contributed by atoms with Gasteiger partial charge in [0.25, 0.3) is 10.0 Å². The van der Waals surface area contributed by atoms with Crippen LogP contribution in [0.1, 0.15) is 43.5 Å². The fourth-order valence-electron chi connectivity index (χ4n) is 3.09. The maximum Gasteiger partial charge on any atom is 0.266 e. The van der Waals surface area contributed by atoms with E-state index in [-0.39, 0.29) is 10.7 Å². The van der Waals surface area contributed by atoms with E-state index in [0.717, 1.165) is 13.0 Å². The first-order chi connectivity index (χ1) is 12.5. The molecule has 0 aliphatic heterocycles. The summed E-state index contributed by atoms with van der Waals surface area (Å²) in [5.74, 6) is 0.797. The topological polar surface area (TPSA) is 113 Å². The smallest absolute Gasteiger partial charge is 0.266 e. The Morgan fingerprint density at radius 1 is 1.15 bits per heavy atom. The highest BCUT2D eigenvalue weighted by Gasteiger charge is 2.22. The molecular formula is C17H24N6O2S. The van der Waals surface area contributed by atoms with Crippen LogP contribution in [0.25, 0.3) is 0 Å². The second-order valence-electron chi connectivity index (χ2n) is 6.46. The van der Waals surface area contributed by atoms with Gasteiger partial charge in [0, 0.05) is 6.54 Å². The Kier molecular flexibility index (Phi) is 5.55. The molecule has 0 fully saturated rings. The molecular weight excluding hydrogens is 352 g/mol. The number of rotatable bonds is 7. The number of aromatic amines is 1. The third-order valence-electron chi connectivity index (χ3n) is 4.37. The number of aromatic nitrogens is 4. The van der Waals surface area contributed by atoms with Gasteiger partial charge in [-0.15, -0.1) is 10.2 Å². The Hall–Kier alpha value is -2.42. The Bertz CT molecular complexity index is 867. The van der Waals surface area contributed by atoms with Gasteiger partial charge in [-0.05, 0) is 58.1 Å². The van der Waals surface area contributed by atoms with Crippen LogP contribution in [-0.4, -0.2) is 35.4 Å². The number of sulfonamides is 1. The van der Waals surface area contributed by atoms with Crippen LogP contribution in [0.5, 0.6) is 0 Å². The van der Waals surface area contributed by atoms with E-state index in [4.69, 9.17) is 0 Å². The van der Waals surface area contributed by atoms with Gasteiger partial charge in [0.2, 0.25) is 0 Å². The normalized spacial score (nSPS) is 14.8. The zero-order chi connectivity index (χ0) is 18.6. The van der Waals surface area contributed by atoms with Crippen LogP contribution in [0.4, 0.5) is 11.6 Å². The Morgan fingerprint density at radius 3 is 2.54 bits per heavy atom. The minimum Gasteiger partial charge on any atom is -0.368 e. The molecule has 8 nitrogen and oxygen atoms in total. The highest BCUT2D eigenvalue weighted by molar-refractivity contribution is 7.92. The molecule has 0 unspecified atom stereocenters. The van der Waals surface area contributed by atoms with Crippen molar-refractivity contribution >= 4 is 21.7 Å². The minimum atomic E-state index is -3.75. The third kappa shape index (κ3) is 4.40. The van der Waals surface area contributed by atoms with E-state index in [0.29, 0.717) is 17.2 Å². The van der Waals surface area contributed by atoms with Crippen LogP contribution in [0.3, 0.4) is 0 Å². The second kappa shape index (κ2) is 7.86. The molecule has 2 aromatic heterocycles. The summed E-state index contributed by atoms with van der Waals surface area (Å²) in [6.07, 6.45) is 8.25. The first kappa shape index (κ1) is 18.4. The molecule has 0 atom stereocenters. The average Bonchev–Trinajstić information content (AvgIpc) is 2.96. The van der Waals surface area contributed by atoms with Crippen molar-refractivity contribution in [1.29, 1.82) is 0 Å². The van der Waals surface area contributed by atoms with Crippen LogP contribution in [-0.2, 0) is 10.0 Å². The van der Waals surface area contributed by atoms with Crippen molar-refractivity contribution in [3.8, 4) is 0 Å². The number of nitrogens with one attached hydrogen (secondary N) is 3. The van der Waals surface area contributed by atoms with Gasteiger partial charge in [-0.1, -0.05) is 11.6 Å². The van der Waals surface area contributed by atoms with Crippen molar-refractivity contribution < 1.29 is 8.42 Å². The quantitative estimate of drug-likeness (QED) is 0.641. The molecule has 0 bridgehead atoms. The minimum absolute atomic E-state index is 0.141. The molecule has 2 aromatic rings. The van der Waals surface area contributed by atoms with E-state index in [9.17, 15) is 8.42 Å². The average molecular weight is 376 g/mol. The lowest BCUT2D eigenvalue weighted by molar-refractivity contribution is 0.600. The van der Waals surface area contributed by atoms with Crippen LogP contribution >= 0.6 is 0 Å². The van der Waals surface area contributed by atoms with Crippen LogP contribution in [0.2, 0.25) is 0 Å². The lowest BCUT2D eigenvalue weighted by Crippen LogP contribution is -2.16. The fourth-order valence-corrected chi connectivity index (χ4v) is 4.46. The summed E-state index contributed by atoms with van der Waals surface area (Å²) in [4.78, 5) is 0.141. The molecule has 2 heterocycles. The molecule has 0 radical (unpaired) electrons. The van der Waals surface area contributed by atoms with Crippen molar-refractivity contribution in [2.24, 2.45) is 0 Å². The molecule has 9 heteroatoms. The number of aryl methyl sites for hydroxylation is 2. The van der Waals surface area contributed by atoms with E-state index in [1.54, 1.807) is 26.0 Å². The Morgan fingerprint density at radius 2 is 1.92 bits per heavy atom. The van der Waals surface area contributed by atoms with Gasteiger partial charge in [-0.2, -0.15) is 5.10 Å². The van der Waals surface area contributed by atoms with E-state index < -0.39 is 10.0 Å². The van der Waals surface area contributed by atoms with Crippen molar-refractivity contribution in [2.45, 2.75) is 50.8 Å². The first-order valence-electron chi connectivity index (χ1n) is 8.75. The van der Waals surface area contributed by atoms with Crippen LogP contribution in [0, 0.1) is 13.8 Å². The van der Waals surface area contributed by atoms with Gasteiger partial charge in [0.15, 0.2) is 5.82 Å². The molecule has 3 rings (SSSR count). The van der Waals surface area contributed by atoms with Crippen molar-refractivity contribution in [2.75, 3.05) is 16.6 Å². The summed E-state index contributed by atoms with van der Waals surface area (Å²) in [5.41, 5.74) is 2.39. The number of allylic oxidation sites excluding steroid dienone is 1. The van der Waals surface area contributed by atoms with E-state index >= 15 is 0 Å². The predicted molar refractivity (Wildman–Crippen MR) is 101 cm³/mol. The van der Waals surface area contributed by atoms with Crippen LogP contribution < -0.4 is 10.0 Å². The SMILES string of the molecule is Cc1n[nH]c(C)c1S(=O)(=O)Nc1ccc(NCCC2=CCCCC2)nn1. The Balaban J connectivity index is 1.58.